The number of rotatable bonds is 7. The molecule has 0 spiro atoms. The third-order valence-electron chi connectivity index (χ3n) is 6.63. The first-order valence-electron chi connectivity index (χ1n) is 12.4. The van der Waals surface area contributed by atoms with E-state index >= 15 is 0 Å². The molecule has 1 aliphatic heterocycles. The van der Waals surface area contributed by atoms with Crippen LogP contribution in [0.5, 0.6) is 0 Å². The number of ether oxygens (including phenoxy) is 1. The lowest BCUT2D eigenvalue weighted by Crippen LogP contribution is -2.34. The molecule has 198 valence electrons. The number of carbonyl (C=O) groups excluding carboxylic acids is 3. The summed E-state index contributed by atoms with van der Waals surface area (Å²) >= 11 is 0. The summed E-state index contributed by atoms with van der Waals surface area (Å²) < 4.78 is 4.83. The van der Waals surface area contributed by atoms with Crippen LogP contribution in [0.1, 0.15) is 21.5 Å². The number of methoxy groups -OCH3 is 1. The van der Waals surface area contributed by atoms with Crippen molar-refractivity contribution in [3.05, 3.63) is 89.6 Å². The van der Waals surface area contributed by atoms with E-state index in [1.165, 1.54) is 7.11 Å². The van der Waals surface area contributed by atoms with Gasteiger partial charge in [-0.3, -0.25) is 9.59 Å². The Labute approximate surface area is 226 Å². The van der Waals surface area contributed by atoms with Crippen LogP contribution in [0.15, 0.2) is 72.9 Å². The lowest BCUT2D eigenvalue weighted by molar-refractivity contribution is -0.119. The molecule has 1 aromatic heterocycles. The Hall–Kier alpha value is -4.89. The SMILES string of the molecule is COC(=O)c1ccc2c(c1)NC(=O)/C2=C(\Nc1ccc(N(C)C(=O)CN(C)C)cc1)c1ccc2[nH]ccc2c1. The number of fused-ring (bicyclic) bond motifs is 2. The van der Waals surface area contributed by atoms with Crippen molar-refractivity contribution >= 4 is 57.0 Å². The van der Waals surface area contributed by atoms with Gasteiger partial charge in [-0.2, -0.15) is 0 Å². The molecule has 0 atom stereocenters. The van der Waals surface area contributed by atoms with E-state index in [-0.39, 0.29) is 11.8 Å². The third-order valence-corrected chi connectivity index (χ3v) is 6.63. The van der Waals surface area contributed by atoms with Gasteiger partial charge >= 0.3 is 5.97 Å². The fourth-order valence-corrected chi connectivity index (χ4v) is 4.59. The maximum Gasteiger partial charge on any atom is 0.337 e. The van der Waals surface area contributed by atoms with E-state index in [9.17, 15) is 14.4 Å². The van der Waals surface area contributed by atoms with Crippen molar-refractivity contribution in [2.45, 2.75) is 0 Å². The average molecular weight is 524 g/mol. The Kier molecular flexibility index (Phi) is 6.91. The van der Waals surface area contributed by atoms with Crippen LogP contribution in [0.2, 0.25) is 0 Å². The number of hydrogen-bond donors (Lipinski definition) is 3. The van der Waals surface area contributed by atoms with Crippen LogP contribution < -0.4 is 15.5 Å². The normalized spacial score (nSPS) is 13.7. The highest BCUT2D eigenvalue weighted by molar-refractivity contribution is 6.37. The van der Waals surface area contributed by atoms with E-state index in [2.05, 4.69) is 15.6 Å². The first kappa shape index (κ1) is 25.7. The molecule has 0 radical (unpaired) electrons. The predicted octanol–water partition coefficient (Wildman–Crippen LogP) is 4.41. The zero-order valence-corrected chi connectivity index (χ0v) is 22.2. The smallest absolute Gasteiger partial charge is 0.337 e. The molecule has 9 nitrogen and oxygen atoms in total. The molecule has 1 aliphatic rings. The van der Waals surface area contributed by atoms with Gasteiger partial charge in [0, 0.05) is 41.1 Å². The van der Waals surface area contributed by atoms with Gasteiger partial charge < -0.3 is 30.2 Å². The minimum absolute atomic E-state index is 0.0196. The van der Waals surface area contributed by atoms with Crippen LogP contribution in [-0.4, -0.2) is 62.5 Å². The topological polar surface area (TPSA) is 107 Å². The van der Waals surface area contributed by atoms with Crippen LogP contribution in [0.4, 0.5) is 17.1 Å². The lowest BCUT2D eigenvalue weighted by Gasteiger charge is -2.20. The number of hydrogen-bond acceptors (Lipinski definition) is 6. The highest BCUT2D eigenvalue weighted by Gasteiger charge is 2.29. The van der Waals surface area contributed by atoms with Crippen molar-refractivity contribution in [2.75, 3.05) is 50.3 Å². The summed E-state index contributed by atoms with van der Waals surface area (Å²) in [7, 11) is 6.77. The van der Waals surface area contributed by atoms with Crippen LogP contribution >= 0.6 is 0 Å². The highest BCUT2D eigenvalue weighted by atomic mass is 16.5. The fourth-order valence-electron chi connectivity index (χ4n) is 4.59. The van der Waals surface area contributed by atoms with Gasteiger partial charge in [0.1, 0.15) is 0 Å². The molecule has 9 heteroatoms. The van der Waals surface area contributed by atoms with E-state index < -0.39 is 5.97 Å². The molecule has 2 heterocycles. The number of nitrogens with zero attached hydrogens (tertiary/aromatic N) is 2. The molecule has 2 amide bonds. The Morgan fingerprint density at radius 1 is 0.923 bits per heavy atom. The number of aromatic nitrogens is 1. The maximum atomic E-state index is 13.3. The van der Waals surface area contributed by atoms with Crippen molar-refractivity contribution in [3.63, 3.8) is 0 Å². The molecule has 3 N–H and O–H groups in total. The van der Waals surface area contributed by atoms with E-state index in [0.29, 0.717) is 34.6 Å². The summed E-state index contributed by atoms with van der Waals surface area (Å²) in [6.07, 6.45) is 1.87. The summed E-state index contributed by atoms with van der Waals surface area (Å²) in [6, 6.07) is 20.4. The molecule has 0 aliphatic carbocycles. The summed E-state index contributed by atoms with van der Waals surface area (Å²) in [5, 5.41) is 7.34. The molecule has 0 unspecified atom stereocenters. The second kappa shape index (κ2) is 10.5. The Morgan fingerprint density at radius 3 is 2.38 bits per heavy atom. The Balaban J connectivity index is 1.56. The minimum atomic E-state index is -0.477. The Morgan fingerprint density at radius 2 is 1.67 bits per heavy atom. The Bertz CT molecular complexity index is 1620. The molecule has 0 bridgehead atoms. The molecule has 0 saturated heterocycles. The second-order valence-corrected chi connectivity index (χ2v) is 9.60. The predicted molar refractivity (Wildman–Crippen MR) is 154 cm³/mol. The van der Waals surface area contributed by atoms with Crippen molar-refractivity contribution < 1.29 is 19.1 Å². The summed E-state index contributed by atoms with van der Waals surface area (Å²) in [4.78, 5) is 44.5. The number of esters is 1. The summed E-state index contributed by atoms with van der Waals surface area (Å²) in [5.74, 6) is -0.780. The van der Waals surface area contributed by atoms with Crippen molar-refractivity contribution in [1.82, 2.24) is 9.88 Å². The molecular formula is C30H29N5O4. The van der Waals surface area contributed by atoms with Gasteiger partial charge in [-0.1, -0.05) is 12.1 Å². The maximum absolute atomic E-state index is 13.3. The summed E-state index contributed by atoms with van der Waals surface area (Å²) in [6.45, 7) is 0.306. The number of benzene rings is 3. The van der Waals surface area contributed by atoms with E-state index in [1.807, 2.05) is 73.7 Å². The van der Waals surface area contributed by atoms with Gasteiger partial charge in [-0.05, 0) is 74.3 Å². The zero-order valence-electron chi connectivity index (χ0n) is 22.2. The minimum Gasteiger partial charge on any atom is -0.465 e. The largest absolute Gasteiger partial charge is 0.465 e. The highest BCUT2D eigenvalue weighted by Crippen LogP contribution is 2.39. The van der Waals surface area contributed by atoms with Crippen molar-refractivity contribution in [3.8, 4) is 0 Å². The van der Waals surface area contributed by atoms with Crippen LogP contribution in [0.3, 0.4) is 0 Å². The van der Waals surface area contributed by atoms with Gasteiger partial charge in [0.2, 0.25) is 5.91 Å². The van der Waals surface area contributed by atoms with Crippen molar-refractivity contribution in [1.29, 1.82) is 0 Å². The molecule has 3 aromatic carbocycles. The molecular weight excluding hydrogens is 494 g/mol. The van der Waals surface area contributed by atoms with Crippen LogP contribution in [0.25, 0.3) is 22.2 Å². The quantitative estimate of drug-likeness (QED) is 0.245. The van der Waals surface area contributed by atoms with E-state index in [1.54, 1.807) is 30.1 Å². The number of H-pyrrole nitrogens is 1. The van der Waals surface area contributed by atoms with Gasteiger partial charge in [-0.25, -0.2) is 4.79 Å². The standard InChI is InChI=1S/C30H29N5O4/c1-34(2)17-26(36)35(3)22-9-7-21(8-10-22)32-28(19-6-12-24-18(15-19)13-14-31-24)27-23-11-5-20(30(38)39-4)16-25(23)33-29(27)37/h5-16,31-32H,17H2,1-4H3,(H,33,37)/b28-27-. The third kappa shape index (κ3) is 5.12. The zero-order chi connectivity index (χ0) is 27.7. The molecule has 0 fully saturated rings. The fraction of sp³-hybridized carbons (Fsp3) is 0.167. The van der Waals surface area contributed by atoms with Gasteiger partial charge in [0.25, 0.3) is 5.91 Å². The number of amides is 2. The number of anilines is 3. The molecule has 39 heavy (non-hydrogen) atoms. The van der Waals surface area contributed by atoms with Crippen molar-refractivity contribution in [2.24, 2.45) is 0 Å². The molecule has 5 rings (SSSR count). The average Bonchev–Trinajstić information content (AvgIpc) is 3.53. The van der Waals surface area contributed by atoms with Gasteiger partial charge in [-0.15, -0.1) is 0 Å². The number of likely N-dealkylation sites (N-methyl/N-ethyl adjacent to an activating group) is 2. The van der Waals surface area contributed by atoms with E-state index in [4.69, 9.17) is 4.74 Å². The number of aromatic amines is 1. The number of nitrogens with one attached hydrogen (secondary N) is 3. The van der Waals surface area contributed by atoms with Crippen LogP contribution in [-0.2, 0) is 14.3 Å². The first-order valence-corrected chi connectivity index (χ1v) is 12.4. The van der Waals surface area contributed by atoms with Gasteiger partial charge in [0.05, 0.1) is 36.2 Å². The monoisotopic (exact) mass is 523 g/mol. The summed E-state index contributed by atoms with van der Waals surface area (Å²) in [5.41, 5.74) is 5.95. The second-order valence-electron chi connectivity index (χ2n) is 9.60. The molecule has 0 saturated carbocycles. The molecule has 4 aromatic rings. The van der Waals surface area contributed by atoms with E-state index in [0.717, 1.165) is 27.8 Å². The van der Waals surface area contributed by atoms with Gasteiger partial charge in [0.15, 0.2) is 0 Å². The van der Waals surface area contributed by atoms with Crippen LogP contribution in [0, 0.1) is 0 Å². The number of carbonyl (C=O) groups is 3. The lowest BCUT2D eigenvalue weighted by atomic mass is 9.98. The first-order chi connectivity index (χ1) is 18.7.